The fraction of sp³-hybridized carbons (Fsp3) is 0.667. The molecule has 0 aliphatic heterocycles. The van der Waals surface area contributed by atoms with Crippen LogP contribution in [0, 0.1) is 20.8 Å². The van der Waals surface area contributed by atoms with Gasteiger partial charge in [-0.15, -0.1) is 0 Å². The van der Waals surface area contributed by atoms with Gasteiger partial charge in [0.15, 0.2) is 0 Å². The Hall–Kier alpha value is -1.06. The molecule has 2 rings (SSSR count). The summed E-state index contributed by atoms with van der Waals surface area (Å²) in [6, 6.07) is 4.32. The van der Waals surface area contributed by atoms with Gasteiger partial charge in [-0.3, -0.25) is 0 Å². The summed E-state index contributed by atoms with van der Waals surface area (Å²) in [6.45, 7) is 9.53. The van der Waals surface area contributed by atoms with E-state index in [9.17, 15) is 5.11 Å². The Labute approximate surface area is 128 Å². The molecule has 1 aromatic rings. The van der Waals surface area contributed by atoms with Crippen LogP contribution >= 0.6 is 0 Å². The molecule has 2 N–H and O–H groups in total. The van der Waals surface area contributed by atoms with Crippen LogP contribution in [0.25, 0.3) is 0 Å². The van der Waals surface area contributed by atoms with Crippen LogP contribution in [-0.2, 0) is 0 Å². The second-order valence-corrected chi connectivity index (χ2v) is 6.51. The van der Waals surface area contributed by atoms with E-state index in [2.05, 4.69) is 45.1 Å². The van der Waals surface area contributed by atoms with Crippen molar-refractivity contribution in [2.75, 3.05) is 13.2 Å². The topological polar surface area (TPSA) is 41.5 Å². The maximum Gasteiger partial charge on any atom is 0.123 e. The lowest BCUT2D eigenvalue weighted by Crippen LogP contribution is -2.53. The SMILES string of the molecule is CCNC1(CO)CCCC(Oc2cc(C)cc(C)c2C)C1. The maximum absolute atomic E-state index is 9.78. The fourth-order valence-electron chi connectivity index (χ4n) is 3.45. The van der Waals surface area contributed by atoms with Gasteiger partial charge in [-0.25, -0.2) is 0 Å². The average molecular weight is 291 g/mol. The molecule has 3 heteroatoms. The molecule has 21 heavy (non-hydrogen) atoms. The first-order valence-electron chi connectivity index (χ1n) is 8.10. The van der Waals surface area contributed by atoms with Gasteiger partial charge < -0.3 is 15.2 Å². The number of aliphatic hydroxyl groups excluding tert-OH is 1. The standard InChI is InChI=1S/C18H29NO2/c1-5-19-18(12-20)8-6-7-16(11-18)21-17-10-13(2)9-14(3)15(17)4/h9-10,16,19-20H,5-8,11-12H2,1-4H3. The number of hydrogen-bond donors (Lipinski definition) is 2. The molecule has 2 unspecified atom stereocenters. The first-order chi connectivity index (χ1) is 9.99. The van der Waals surface area contributed by atoms with E-state index in [0.29, 0.717) is 0 Å². The van der Waals surface area contributed by atoms with Crippen molar-refractivity contribution in [3.63, 3.8) is 0 Å². The first kappa shape index (κ1) is 16.3. The van der Waals surface area contributed by atoms with Crippen LogP contribution in [0.15, 0.2) is 12.1 Å². The number of likely N-dealkylation sites (N-methyl/N-ethyl adjacent to an activating group) is 1. The Kier molecular flexibility index (Phi) is 5.28. The number of aryl methyl sites for hydroxylation is 2. The van der Waals surface area contributed by atoms with Crippen molar-refractivity contribution in [3.8, 4) is 5.75 Å². The molecule has 0 saturated heterocycles. The third-order valence-corrected chi connectivity index (χ3v) is 4.71. The highest BCUT2D eigenvalue weighted by molar-refractivity contribution is 5.42. The van der Waals surface area contributed by atoms with E-state index in [0.717, 1.165) is 38.0 Å². The van der Waals surface area contributed by atoms with Gasteiger partial charge in [0.2, 0.25) is 0 Å². The van der Waals surface area contributed by atoms with E-state index in [1.807, 2.05) is 0 Å². The highest BCUT2D eigenvalue weighted by Gasteiger charge is 2.36. The van der Waals surface area contributed by atoms with Crippen LogP contribution in [0.4, 0.5) is 0 Å². The summed E-state index contributed by atoms with van der Waals surface area (Å²) >= 11 is 0. The zero-order valence-electron chi connectivity index (χ0n) is 13.8. The van der Waals surface area contributed by atoms with E-state index in [1.165, 1.54) is 16.7 Å². The van der Waals surface area contributed by atoms with Crippen LogP contribution in [0.5, 0.6) is 5.75 Å². The molecule has 1 saturated carbocycles. The van der Waals surface area contributed by atoms with Crippen LogP contribution in [-0.4, -0.2) is 29.9 Å². The lowest BCUT2D eigenvalue weighted by atomic mass is 9.80. The molecule has 1 fully saturated rings. The molecule has 118 valence electrons. The zero-order chi connectivity index (χ0) is 15.5. The normalized spacial score (nSPS) is 25.9. The van der Waals surface area contributed by atoms with Crippen molar-refractivity contribution in [1.82, 2.24) is 5.32 Å². The van der Waals surface area contributed by atoms with Crippen molar-refractivity contribution in [3.05, 3.63) is 28.8 Å². The van der Waals surface area contributed by atoms with Crippen LogP contribution in [0.1, 0.15) is 49.3 Å². The van der Waals surface area contributed by atoms with E-state index < -0.39 is 0 Å². The number of nitrogens with one attached hydrogen (secondary N) is 1. The summed E-state index contributed by atoms with van der Waals surface area (Å²) in [7, 11) is 0. The molecule has 0 aromatic heterocycles. The van der Waals surface area contributed by atoms with Gasteiger partial charge in [0.25, 0.3) is 0 Å². The van der Waals surface area contributed by atoms with Crippen molar-refractivity contribution >= 4 is 0 Å². The highest BCUT2D eigenvalue weighted by Crippen LogP contribution is 2.33. The fourth-order valence-corrected chi connectivity index (χ4v) is 3.45. The first-order valence-corrected chi connectivity index (χ1v) is 8.10. The molecule has 0 heterocycles. The molecule has 1 aliphatic rings. The third-order valence-electron chi connectivity index (χ3n) is 4.71. The predicted octanol–water partition coefficient (Wildman–Crippen LogP) is 3.27. The Morgan fingerprint density at radius 3 is 2.76 bits per heavy atom. The Bertz CT molecular complexity index is 482. The smallest absolute Gasteiger partial charge is 0.123 e. The van der Waals surface area contributed by atoms with E-state index in [1.54, 1.807) is 0 Å². The summed E-state index contributed by atoms with van der Waals surface area (Å²) < 4.78 is 6.30. The minimum absolute atomic E-state index is 0.162. The minimum Gasteiger partial charge on any atom is -0.490 e. The quantitative estimate of drug-likeness (QED) is 0.875. The largest absolute Gasteiger partial charge is 0.490 e. The number of ether oxygens (including phenoxy) is 1. The molecule has 2 atom stereocenters. The molecule has 0 radical (unpaired) electrons. The summed E-state index contributed by atoms with van der Waals surface area (Å²) in [5, 5.41) is 13.3. The van der Waals surface area contributed by atoms with Crippen molar-refractivity contribution in [2.24, 2.45) is 0 Å². The molecule has 0 bridgehead atoms. The maximum atomic E-state index is 9.78. The van der Waals surface area contributed by atoms with E-state index >= 15 is 0 Å². The van der Waals surface area contributed by atoms with Crippen LogP contribution in [0.2, 0.25) is 0 Å². The molecule has 1 aromatic carbocycles. The number of aliphatic hydroxyl groups is 1. The van der Waals surface area contributed by atoms with Crippen molar-refractivity contribution in [1.29, 1.82) is 0 Å². The van der Waals surface area contributed by atoms with Crippen LogP contribution < -0.4 is 10.1 Å². The van der Waals surface area contributed by atoms with E-state index in [-0.39, 0.29) is 18.2 Å². The molecule has 0 amide bonds. The minimum atomic E-state index is -0.162. The number of benzene rings is 1. The Morgan fingerprint density at radius 2 is 2.10 bits per heavy atom. The predicted molar refractivity (Wildman–Crippen MR) is 87.0 cm³/mol. The number of hydrogen-bond acceptors (Lipinski definition) is 3. The average Bonchev–Trinajstić information content (AvgIpc) is 2.45. The lowest BCUT2D eigenvalue weighted by Gasteiger charge is -2.40. The Balaban J connectivity index is 2.13. The monoisotopic (exact) mass is 291 g/mol. The highest BCUT2D eigenvalue weighted by atomic mass is 16.5. The number of rotatable bonds is 5. The summed E-state index contributed by atoms with van der Waals surface area (Å²) in [5.41, 5.74) is 3.58. The summed E-state index contributed by atoms with van der Waals surface area (Å²) in [4.78, 5) is 0. The summed E-state index contributed by atoms with van der Waals surface area (Å²) in [5.74, 6) is 1.00. The molecule has 3 nitrogen and oxygen atoms in total. The molecule has 1 aliphatic carbocycles. The zero-order valence-corrected chi connectivity index (χ0v) is 13.8. The van der Waals surface area contributed by atoms with Crippen molar-refractivity contribution < 1.29 is 9.84 Å². The Morgan fingerprint density at radius 1 is 1.33 bits per heavy atom. The van der Waals surface area contributed by atoms with Gasteiger partial charge in [-0.1, -0.05) is 13.0 Å². The van der Waals surface area contributed by atoms with Gasteiger partial charge in [0, 0.05) is 12.0 Å². The van der Waals surface area contributed by atoms with Gasteiger partial charge >= 0.3 is 0 Å². The van der Waals surface area contributed by atoms with Gasteiger partial charge in [-0.05, 0) is 69.3 Å². The molecular weight excluding hydrogens is 262 g/mol. The third kappa shape index (κ3) is 3.78. The second kappa shape index (κ2) is 6.80. The van der Waals surface area contributed by atoms with E-state index in [4.69, 9.17) is 4.74 Å². The van der Waals surface area contributed by atoms with Crippen LogP contribution in [0.3, 0.4) is 0 Å². The summed E-state index contributed by atoms with van der Waals surface area (Å²) in [6.07, 6.45) is 4.26. The lowest BCUT2D eigenvalue weighted by molar-refractivity contribution is 0.0516. The van der Waals surface area contributed by atoms with Crippen molar-refractivity contribution in [2.45, 2.75) is 65.0 Å². The molecular formula is C18H29NO2. The van der Waals surface area contributed by atoms with Gasteiger partial charge in [0.05, 0.1) is 6.61 Å². The second-order valence-electron chi connectivity index (χ2n) is 6.51. The molecule has 0 spiro atoms. The van der Waals surface area contributed by atoms with Gasteiger partial charge in [0.1, 0.15) is 11.9 Å². The van der Waals surface area contributed by atoms with Gasteiger partial charge in [-0.2, -0.15) is 0 Å².